The van der Waals surface area contributed by atoms with Gasteiger partial charge in [-0.1, -0.05) is 65.0 Å². The number of benzene rings is 2. The fraction of sp³-hybridized carbons (Fsp3) is 0.600. The second-order valence-electron chi connectivity index (χ2n) is 18.7. The van der Waals surface area contributed by atoms with Gasteiger partial charge in [-0.2, -0.15) is 26.3 Å². The van der Waals surface area contributed by atoms with Crippen LogP contribution >= 0.6 is 0 Å². The summed E-state index contributed by atoms with van der Waals surface area (Å²) in [5.74, 6) is 0.319. The van der Waals surface area contributed by atoms with E-state index in [1.54, 1.807) is 12.2 Å². The molecular weight excluding hydrogens is 702 g/mol. The Bertz CT molecular complexity index is 1850. The monoisotopic (exact) mass is 754 g/mol. The number of allylic oxidation sites excluding steroid dienone is 2. The Balaban J connectivity index is 1.19. The van der Waals surface area contributed by atoms with E-state index in [0.717, 1.165) is 69.2 Å². The van der Waals surface area contributed by atoms with Crippen molar-refractivity contribution >= 4 is 23.7 Å². The van der Waals surface area contributed by atoms with Crippen LogP contribution in [0.4, 0.5) is 26.3 Å². The maximum absolute atomic E-state index is 14.1. The molecule has 0 spiro atoms. The topological polar surface area (TPSA) is 54.4 Å². The van der Waals surface area contributed by atoms with E-state index in [9.17, 15) is 41.0 Å². The number of carbonyl (C=O) groups excluding carboxylic acids is 2. The van der Waals surface area contributed by atoms with Crippen molar-refractivity contribution in [3.8, 4) is 0 Å². The number of hydrogen-bond donors (Lipinski definition) is 1. The number of fused-ring (bicyclic) bond motifs is 7. The molecule has 0 amide bonds. The number of carbonyl (C=O) groups is 2. The second kappa shape index (κ2) is 12.9. The zero-order chi connectivity index (χ0) is 39.3. The first-order chi connectivity index (χ1) is 25.1. The number of ketones is 2. The van der Waals surface area contributed by atoms with Gasteiger partial charge in [0.1, 0.15) is 0 Å². The molecule has 9 heteroatoms. The molecule has 0 aromatic heterocycles. The number of hydrogen-bond acceptors (Lipinski definition) is 3. The minimum Gasteiger partial charge on any atom is -0.396 e. The van der Waals surface area contributed by atoms with Gasteiger partial charge in [0.05, 0.1) is 11.1 Å². The van der Waals surface area contributed by atoms with Gasteiger partial charge in [-0.25, -0.2) is 0 Å². The molecule has 5 fully saturated rings. The van der Waals surface area contributed by atoms with Crippen LogP contribution in [0.15, 0.2) is 60.2 Å². The molecule has 292 valence electrons. The molecule has 54 heavy (non-hydrogen) atoms. The van der Waals surface area contributed by atoms with Crippen molar-refractivity contribution in [2.45, 2.75) is 105 Å². The average Bonchev–Trinajstić information content (AvgIpc) is 3.50. The Morgan fingerprint density at radius 2 is 1.33 bits per heavy atom. The standard InChI is InChI=1S/C45H52F6O3/c1-39(2)35-19-20-42(5)36(40(35,3)25-29(38(39)54)24-28-8-13-31(14-9-28)45(49,50)51)17-15-33-37-32(18-21-43(37,26-52)23-22-41(33,42)4)34(53)16-10-27-6-11-30(12-7-27)44(46,47)48/h6-14,16,24,32-33,35-37,52H,15,17-23,25-26H2,1-5H3/b16-10+,29-24-/t32-,33+,35-,36+,37+,40-,41+,42+,43+/m0/s1. The van der Waals surface area contributed by atoms with E-state index in [0.29, 0.717) is 29.5 Å². The lowest BCUT2D eigenvalue weighted by molar-refractivity contribution is -0.233. The number of halogens is 6. The van der Waals surface area contributed by atoms with Crippen LogP contribution in [0.5, 0.6) is 0 Å². The van der Waals surface area contributed by atoms with Crippen molar-refractivity contribution in [1.82, 2.24) is 0 Å². The maximum atomic E-state index is 14.1. The van der Waals surface area contributed by atoms with Crippen LogP contribution in [0.3, 0.4) is 0 Å². The van der Waals surface area contributed by atoms with E-state index in [1.165, 1.54) is 30.3 Å². The molecule has 1 N–H and O–H groups in total. The number of aliphatic hydroxyl groups excluding tert-OH is 1. The van der Waals surface area contributed by atoms with Gasteiger partial charge in [-0.05, 0) is 156 Å². The van der Waals surface area contributed by atoms with Crippen LogP contribution in [0.2, 0.25) is 0 Å². The Morgan fingerprint density at radius 1 is 0.741 bits per heavy atom. The maximum Gasteiger partial charge on any atom is 0.416 e. The van der Waals surface area contributed by atoms with E-state index >= 15 is 0 Å². The Hall–Kier alpha value is -3.20. The summed E-state index contributed by atoms with van der Waals surface area (Å²) in [6.07, 6.45) is 3.43. The van der Waals surface area contributed by atoms with Gasteiger partial charge in [0, 0.05) is 17.9 Å². The predicted octanol–water partition coefficient (Wildman–Crippen LogP) is 11.6. The van der Waals surface area contributed by atoms with Crippen molar-refractivity contribution < 1.29 is 41.0 Å². The number of Topliss-reactive ketones (excluding diaryl/α,β-unsaturated/α-hetero) is 1. The van der Waals surface area contributed by atoms with Crippen molar-refractivity contribution in [3.63, 3.8) is 0 Å². The molecule has 0 unspecified atom stereocenters. The Morgan fingerprint density at radius 3 is 1.91 bits per heavy atom. The third-order valence-electron chi connectivity index (χ3n) is 16.1. The SMILES string of the molecule is CC1(C)C(=O)/C(=C\c2ccc(C(F)(F)F)cc2)C[C@]2(C)[C@H]3CC[C@@H]4[C@H]5[C@H](C(=O)/C=C/c6ccc(C(F)(F)F)cc6)CC[C@]5(CO)CC[C@@]4(C)[C@]3(C)CC[C@@H]12. The normalized spacial score (nSPS) is 38.5. The molecule has 2 aromatic rings. The average molecular weight is 755 g/mol. The molecule has 7 rings (SSSR count). The quantitative estimate of drug-likeness (QED) is 0.244. The van der Waals surface area contributed by atoms with Crippen LogP contribution in [0, 0.1) is 56.7 Å². The van der Waals surface area contributed by atoms with Crippen molar-refractivity contribution in [1.29, 1.82) is 0 Å². The molecule has 0 bridgehead atoms. The van der Waals surface area contributed by atoms with Crippen LogP contribution in [-0.2, 0) is 21.9 Å². The Kier molecular flexibility index (Phi) is 9.34. The molecule has 0 heterocycles. The van der Waals surface area contributed by atoms with E-state index in [4.69, 9.17) is 0 Å². The summed E-state index contributed by atoms with van der Waals surface area (Å²) >= 11 is 0. The van der Waals surface area contributed by atoms with Crippen LogP contribution in [-0.4, -0.2) is 23.3 Å². The third-order valence-corrected chi connectivity index (χ3v) is 16.1. The van der Waals surface area contributed by atoms with Crippen molar-refractivity contribution in [2.24, 2.45) is 56.7 Å². The molecule has 0 radical (unpaired) electrons. The first-order valence-corrected chi connectivity index (χ1v) is 19.5. The highest BCUT2D eigenvalue weighted by Crippen LogP contribution is 2.77. The van der Waals surface area contributed by atoms with E-state index in [2.05, 4.69) is 20.8 Å². The highest BCUT2D eigenvalue weighted by Gasteiger charge is 2.71. The lowest BCUT2D eigenvalue weighted by Gasteiger charge is -2.72. The molecular formula is C45H52F6O3. The van der Waals surface area contributed by atoms with Crippen molar-refractivity contribution in [2.75, 3.05) is 6.61 Å². The smallest absolute Gasteiger partial charge is 0.396 e. The highest BCUT2D eigenvalue weighted by atomic mass is 19.4. The summed E-state index contributed by atoms with van der Waals surface area (Å²) in [6, 6.07) is 9.81. The van der Waals surface area contributed by atoms with Crippen LogP contribution in [0.1, 0.15) is 115 Å². The summed E-state index contributed by atoms with van der Waals surface area (Å²) in [4.78, 5) is 28.2. The minimum atomic E-state index is -4.44. The molecule has 5 aliphatic carbocycles. The van der Waals surface area contributed by atoms with Gasteiger partial charge >= 0.3 is 12.4 Å². The largest absolute Gasteiger partial charge is 0.416 e. The first-order valence-electron chi connectivity index (χ1n) is 19.5. The second-order valence-corrected chi connectivity index (χ2v) is 18.7. The number of rotatable bonds is 5. The molecule has 3 nitrogen and oxygen atoms in total. The van der Waals surface area contributed by atoms with Gasteiger partial charge in [-0.15, -0.1) is 0 Å². The summed E-state index contributed by atoms with van der Waals surface area (Å²) < 4.78 is 79.3. The van der Waals surface area contributed by atoms with E-state index < -0.39 is 28.9 Å². The first kappa shape index (κ1) is 39.1. The number of aliphatic hydroxyl groups is 1. The fourth-order valence-electron chi connectivity index (χ4n) is 13.4. The summed E-state index contributed by atoms with van der Waals surface area (Å²) in [5.41, 5.74) is -1.20. The predicted molar refractivity (Wildman–Crippen MR) is 197 cm³/mol. The molecule has 5 saturated carbocycles. The molecule has 2 aromatic carbocycles. The fourth-order valence-corrected chi connectivity index (χ4v) is 13.4. The molecule has 0 saturated heterocycles. The molecule has 5 aliphatic rings. The van der Waals surface area contributed by atoms with E-state index in [-0.39, 0.29) is 69.4 Å². The Labute approximate surface area is 314 Å². The summed E-state index contributed by atoms with van der Waals surface area (Å²) in [6.45, 7) is 11.3. The van der Waals surface area contributed by atoms with Gasteiger partial charge in [-0.3, -0.25) is 9.59 Å². The molecule has 9 atom stereocenters. The zero-order valence-electron chi connectivity index (χ0n) is 31.8. The van der Waals surface area contributed by atoms with Crippen LogP contribution in [0.25, 0.3) is 12.2 Å². The van der Waals surface area contributed by atoms with Crippen LogP contribution < -0.4 is 0 Å². The van der Waals surface area contributed by atoms with E-state index in [1.807, 2.05) is 13.8 Å². The lowest BCUT2D eigenvalue weighted by Crippen LogP contribution is -2.66. The van der Waals surface area contributed by atoms with Gasteiger partial charge in [0.2, 0.25) is 0 Å². The van der Waals surface area contributed by atoms with Gasteiger partial charge in [0.15, 0.2) is 11.6 Å². The third kappa shape index (κ3) is 5.96. The summed E-state index contributed by atoms with van der Waals surface area (Å²) in [5, 5.41) is 11.0. The minimum absolute atomic E-state index is 0.0188. The number of alkyl halides is 6. The highest BCUT2D eigenvalue weighted by molar-refractivity contribution is 6.04. The lowest BCUT2D eigenvalue weighted by atomic mass is 9.32. The summed E-state index contributed by atoms with van der Waals surface area (Å²) in [7, 11) is 0. The van der Waals surface area contributed by atoms with Gasteiger partial charge in [0.25, 0.3) is 0 Å². The molecule has 0 aliphatic heterocycles. The van der Waals surface area contributed by atoms with Crippen molar-refractivity contribution in [3.05, 3.63) is 82.4 Å². The zero-order valence-corrected chi connectivity index (χ0v) is 31.8. The van der Waals surface area contributed by atoms with Gasteiger partial charge < -0.3 is 5.11 Å².